The molecule has 0 radical (unpaired) electrons. The van der Waals surface area contributed by atoms with Crippen LogP contribution in [0, 0.1) is 0 Å². The smallest absolute Gasteiger partial charge is 0.0600 e. The summed E-state index contributed by atoms with van der Waals surface area (Å²) in [5.41, 5.74) is 1.41. The van der Waals surface area contributed by atoms with Crippen LogP contribution in [0.3, 0.4) is 0 Å². The van der Waals surface area contributed by atoms with Crippen LogP contribution in [0.4, 0.5) is 0 Å². The second kappa shape index (κ2) is 8.31. The fraction of sp³-hybridized carbons (Fsp3) is 0.625. The molecular weight excluding hydrogens is 236 g/mol. The number of likely N-dealkylation sites (N-methyl/N-ethyl adjacent to an activating group) is 1. The Hall–Kier alpha value is -0.900. The fourth-order valence-corrected chi connectivity index (χ4v) is 2.41. The summed E-state index contributed by atoms with van der Waals surface area (Å²) in [7, 11) is 2.18. The van der Waals surface area contributed by atoms with E-state index in [1.54, 1.807) is 0 Å². The Balaban J connectivity index is 1.55. The molecule has 0 aromatic heterocycles. The summed E-state index contributed by atoms with van der Waals surface area (Å²) < 4.78 is 5.92. The van der Waals surface area contributed by atoms with Crippen molar-refractivity contribution in [1.82, 2.24) is 10.2 Å². The van der Waals surface area contributed by atoms with Crippen molar-refractivity contribution in [3.63, 3.8) is 0 Å². The van der Waals surface area contributed by atoms with Crippen LogP contribution in [0.15, 0.2) is 30.3 Å². The number of piperidine rings is 1. The average Bonchev–Trinajstić information content (AvgIpc) is 2.47. The SMILES string of the molecule is CN(CCOC1CCNCC1)CCc1ccccc1. The monoisotopic (exact) mass is 262 g/mol. The van der Waals surface area contributed by atoms with Gasteiger partial charge in [-0.1, -0.05) is 30.3 Å². The number of benzene rings is 1. The van der Waals surface area contributed by atoms with Crippen LogP contribution < -0.4 is 5.32 Å². The first-order valence-electron chi connectivity index (χ1n) is 7.39. The maximum atomic E-state index is 5.92. The topological polar surface area (TPSA) is 24.5 Å². The molecule has 0 spiro atoms. The number of hydrogen-bond donors (Lipinski definition) is 1. The minimum Gasteiger partial charge on any atom is -0.377 e. The predicted octanol–water partition coefficient (Wildman–Crippen LogP) is 1.93. The lowest BCUT2D eigenvalue weighted by Crippen LogP contribution is -2.34. The van der Waals surface area contributed by atoms with Gasteiger partial charge in [0, 0.05) is 13.1 Å². The molecule has 1 aromatic rings. The molecule has 1 aliphatic heterocycles. The van der Waals surface area contributed by atoms with Gasteiger partial charge in [-0.25, -0.2) is 0 Å². The molecular formula is C16H26N2O. The van der Waals surface area contributed by atoms with Crippen molar-refractivity contribution in [3.8, 4) is 0 Å². The molecule has 2 rings (SSSR count). The highest BCUT2D eigenvalue weighted by atomic mass is 16.5. The van der Waals surface area contributed by atoms with E-state index < -0.39 is 0 Å². The molecule has 0 saturated carbocycles. The van der Waals surface area contributed by atoms with Crippen molar-refractivity contribution < 1.29 is 4.74 Å². The van der Waals surface area contributed by atoms with E-state index in [9.17, 15) is 0 Å². The third kappa shape index (κ3) is 5.72. The van der Waals surface area contributed by atoms with E-state index >= 15 is 0 Å². The summed E-state index contributed by atoms with van der Waals surface area (Å²) in [6.45, 7) is 5.19. The van der Waals surface area contributed by atoms with Crippen molar-refractivity contribution in [2.75, 3.05) is 39.8 Å². The summed E-state index contributed by atoms with van der Waals surface area (Å²) in [4.78, 5) is 2.36. The molecule has 1 aromatic carbocycles. The van der Waals surface area contributed by atoms with E-state index in [1.807, 2.05) is 0 Å². The molecule has 0 atom stereocenters. The molecule has 106 valence electrons. The van der Waals surface area contributed by atoms with E-state index in [-0.39, 0.29) is 0 Å². The van der Waals surface area contributed by atoms with Gasteiger partial charge in [-0.3, -0.25) is 0 Å². The number of nitrogens with one attached hydrogen (secondary N) is 1. The number of nitrogens with zero attached hydrogens (tertiary/aromatic N) is 1. The van der Waals surface area contributed by atoms with Gasteiger partial charge < -0.3 is 15.0 Å². The van der Waals surface area contributed by atoms with Crippen LogP contribution in [0.2, 0.25) is 0 Å². The molecule has 3 heteroatoms. The van der Waals surface area contributed by atoms with Crippen molar-refractivity contribution in [2.45, 2.75) is 25.4 Å². The van der Waals surface area contributed by atoms with E-state index in [0.717, 1.165) is 52.0 Å². The molecule has 1 aliphatic rings. The van der Waals surface area contributed by atoms with Crippen LogP contribution >= 0.6 is 0 Å². The Morgan fingerprint density at radius 1 is 1.16 bits per heavy atom. The second-order valence-electron chi connectivity index (χ2n) is 5.36. The molecule has 0 aliphatic carbocycles. The Bertz CT molecular complexity index is 336. The molecule has 1 heterocycles. The Morgan fingerprint density at radius 2 is 1.89 bits per heavy atom. The van der Waals surface area contributed by atoms with Gasteiger partial charge in [0.2, 0.25) is 0 Å². The Kier molecular flexibility index (Phi) is 6.34. The van der Waals surface area contributed by atoms with E-state index in [1.165, 1.54) is 5.56 Å². The van der Waals surface area contributed by atoms with Crippen LogP contribution in [0.1, 0.15) is 18.4 Å². The van der Waals surface area contributed by atoms with Crippen LogP contribution in [0.5, 0.6) is 0 Å². The minimum atomic E-state index is 0.476. The van der Waals surface area contributed by atoms with Crippen molar-refractivity contribution in [1.29, 1.82) is 0 Å². The van der Waals surface area contributed by atoms with Gasteiger partial charge in [-0.05, 0) is 45.0 Å². The number of ether oxygens (including phenoxy) is 1. The van der Waals surface area contributed by atoms with Crippen LogP contribution in [-0.4, -0.2) is 50.8 Å². The predicted molar refractivity (Wildman–Crippen MR) is 79.5 cm³/mol. The average molecular weight is 262 g/mol. The van der Waals surface area contributed by atoms with Crippen LogP contribution in [0.25, 0.3) is 0 Å². The lowest BCUT2D eigenvalue weighted by atomic mass is 10.1. The molecule has 0 amide bonds. The summed E-state index contributed by atoms with van der Waals surface area (Å²) in [5.74, 6) is 0. The molecule has 1 fully saturated rings. The highest BCUT2D eigenvalue weighted by Crippen LogP contribution is 2.07. The normalized spacial score (nSPS) is 16.9. The van der Waals surface area contributed by atoms with Gasteiger partial charge in [0.1, 0.15) is 0 Å². The molecule has 19 heavy (non-hydrogen) atoms. The van der Waals surface area contributed by atoms with Crippen molar-refractivity contribution in [2.24, 2.45) is 0 Å². The second-order valence-corrected chi connectivity index (χ2v) is 5.36. The zero-order valence-electron chi connectivity index (χ0n) is 12.0. The molecule has 3 nitrogen and oxygen atoms in total. The highest BCUT2D eigenvalue weighted by Gasteiger charge is 2.12. The number of rotatable bonds is 7. The Morgan fingerprint density at radius 3 is 2.63 bits per heavy atom. The standard InChI is InChI=1S/C16H26N2O/c1-18(12-9-15-5-3-2-4-6-15)13-14-19-16-7-10-17-11-8-16/h2-6,16-17H,7-14H2,1H3. The quantitative estimate of drug-likeness (QED) is 0.812. The number of hydrogen-bond acceptors (Lipinski definition) is 3. The Labute approximate surface area is 116 Å². The van der Waals surface area contributed by atoms with Crippen LogP contribution in [-0.2, 0) is 11.2 Å². The maximum absolute atomic E-state index is 5.92. The first-order valence-corrected chi connectivity index (χ1v) is 7.39. The van der Waals surface area contributed by atoms with Gasteiger partial charge in [-0.15, -0.1) is 0 Å². The minimum absolute atomic E-state index is 0.476. The first-order chi connectivity index (χ1) is 9.34. The third-order valence-corrected chi connectivity index (χ3v) is 3.74. The molecule has 1 N–H and O–H groups in total. The van der Waals surface area contributed by atoms with E-state index in [2.05, 4.69) is 47.6 Å². The maximum Gasteiger partial charge on any atom is 0.0600 e. The zero-order valence-corrected chi connectivity index (χ0v) is 12.0. The molecule has 0 bridgehead atoms. The lowest BCUT2D eigenvalue weighted by molar-refractivity contribution is 0.0233. The summed E-state index contributed by atoms with van der Waals surface area (Å²) >= 11 is 0. The summed E-state index contributed by atoms with van der Waals surface area (Å²) in [6.07, 6.45) is 3.91. The highest BCUT2D eigenvalue weighted by molar-refractivity contribution is 5.14. The van der Waals surface area contributed by atoms with Gasteiger partial charge in [0.15, 0.2) is 0 Å². The first kappa shape index (κ1) is 14.5. The largest absolute Gasteiger partial charge is 0.377 e. The lowest BCUT2D eigenvalue weighted by Gasteiger charge is -2.24. The summed E-state index contributed by atoms with van der Waals surface area (Å²) in [6, 6.07) is 10.7. The van der Waals surface area contributed by atoms with Gasteiger partial charge in [0.05, 0.1) is 12.7 Å². The summed E-state index contributed by atoms with van der Waals surface area (Å²) in [5, 5.41) is 3.36. The molecule has 0 unspecified atom stereocenters. The van der Waals surface area contributed by atoms with Crippen molar-refractivity contribution in [3.05, 3.63) is 35.9 Å². The van der Waals surface area contributed by atoms with Crippen molar-refractivity contribution >= 4 is 0 Å². The van der Waals surface area contributed by atoms with Gasteiger partial charge in [0.25, 0.3) is 0 Å². The zero-order chi connectivity index (χ0) is 13.3. The third-order valence-electron chi connectivity index (χ3n) is 3.74. The van der Waals surface area contributed by atoms with E-state index in [4.69, 9.17) is 4.74 Å². The molecule has 1 saturated heterocycles. The van der Waals surface area contributed by atoms with Gasteiger partial charge >= 0.3 is 0 Å². The van der Waals surface area contributed by atoms with Gasteiger partial charge in [-0.2, -0.15) is 0 Å². The van der Waals surface area contributed by atoms with E-state index in [0.29, 0.717) is 6.10 Å². The fourth-order valence-electron chi connectivity index (χ4n) is 2.41.